The van der Waals surface area contributed by atoms with Crippen LogP contribution in [0, 0.1) is 0 Å². The highest BCUT2D eigenvalue weighted by Crippen LogP contribution is 2.32. The fraction of sp³-hybridized carbons (Fsp3) is 0.300. The molecule has 0 aliphatic heterocycles. The van der Waals surface area contributed by atoms with Crippen molar-refractivity contribution in [3.05, 3.63) is 35.4 Å². The predicted molar refractivity (Wildman–Crippen MR) is 52.8 cm³/mol. The first-order valence-electron chi connectivity index (χ1n) is 4.50. The maximum Gasteiger partial charge on any atom is 0.407 e. The molecule has 0 radical (unpaired) electrons. The number of carbonyl (C=O) groups excluding carboxylic acids is 1. The highest BCUT2D eigenvalue weighted by atomic mass is 19.4. The minimum atomic E-state index is -4.37. The Hall–Kier alpha value is -1.56. The molecule has 1 atom stereocenters. The molecule has 1 aromatic rings. The second-order valence-corrected chi connectivity index (χ2v) is 3.25. The van der Waals surface area contributed by atoms with Crippen LogP contribution < -0.4 is 11.1 Å². The predicted octanol–water partition coefficient (Wildman–Crippen LogP) is 1.61. The Labute approximate surface area is 90.4 Å². The Morgan fingerprint density at radius 3 is 2.12 bits per heavy atom. The molecule has 0 saturated heterocycles. The van der Waals surface area contributed by atoms with Gasteiger partial charge in [-0.2, -0.15) is 13.2 Å². The Bertz CT molecular complexity index is 373. The van der Waals surface area contributed by atoms with Crippen LogP contribution in [-0.2, 0) is 0 Å². The van der Waals surface area contributed by atoms with Crippen LogP contribution in [0.1, 0.15) is 22.0 Å². The van der Waals surface area contributed by atoms with Gasteiger partial charge in [0, 0.05) is 5.56 Å². The summed E-state index contributed by atoms with van der Waals surface area (Å²) in [6, 6.07) is 3.26. The van der Waals surface area contributed by atoms with Gasteiger partial charge in [-0.15, -0.1) is 0 Å². The molecule has 1 aromatic carbocycles. The van der Waals surface area contributed by atoms with Crippen molar-refractivity contribution in [2.24, 2.45) is 5.73 Å². The number of amides is 1. The van der Waals surface area contributed by atoms with E-state index in [9.17, 15) is 18.0 Å². The van der Waals surface area contributed by atoms with Gasteiger partial charge >= 0.3 is 6.18 Å². The van der Waals surface area contributed by atoms with E-state index in [0.717, 1.165) is 0 Å². The monoisotopic (exact) mass is 232 g/mol. The SMILES string of the molecule is CNC(c1ccc(C(N)=O)cc1)C(F)(F)F. The van der Waals surface area contributed by atoms with Crippen molar-refractivity contribution in [1.29, 1.82) is 0 Å². The summed E-state index contributed by atoms with van der Waals surface area (Å²) < 4.78 is 37.5. The van der Waals surface area contributed by atoms with Gasteiger partial charge < -0.3 is 11.1 Å². The van der Waals surface area contributed by atoms with Crippen LogP contribution in [-0.4, -0.2) is 19.1 Å². The van der Waals surface area contributed by atoms with Gasteiger partial charge in [0.2, 0.25) is 5.91 Å². The summed E-state index contributed by atoms with van der Waals surface area (Å²) in [5.74, 6) is -0.667. The number of carbonyl (C=O) groups is 1. The zero-order valence-electron chi connectivity index (χ0n) is 8.51. The van der Waals surface area contributed by atoms with E-state index >= 15 is 0 Å². The molecule has 3 N–H and O–H groups in total. The summed E-state index contributed by atoms with van der Waals surface area (Å²) >= 11 is 0. The van der Waals surface area contributed by atoms with Crippen LogP contribution in [0.25, 0.3) is 0 Å². The van der Waals surface area contributed by atoms with E-state index in [4.69, 9.17) is 5.73 Å². The summed E-state index contributed by atoms with van der Waals surface area (Å²) in [4.78, 5) is 10.7. The minimum Gasteiger partial charge on any atom is -0.366 e. The van der Waals surface area contributed by atoms with Gasteiger partial charge in [-0.1, -0.05) is 12.1 Å². The van der Waals surface area contributed by atoms with Gasteiger partial charge in [-0.3, -0.25) is 4.79 Å². The molecule has 1 rings (SSSR count). The second-order valence-electron chi connectivity index (χ2n) is 3.25. The van der Waals surface area contributed by atoms with Crippen molar-refractivity contribution in [3.8, 4) is 0 Å². The summed E-state index contributed by atoms with van der Waals surface area (Å²) in [5, 5.41) is 2.17. The van der Waals surface area contributed by atoms with Crippen molar-refractivity contribution >= 4 is 5.91 Å². The first-order valence-corrected chi connectivity index (χ1v) is 4.50. The molecular weight excluding hydrogens is 221 g/mol. The molecule has 6 heteroatoms. The number of rotatable bonds is 3. The van der Waals surface area contributed by atoms with E-state index in [1.807, 2.05) is 0 Å². The van der Waals surface area contributed by atoms with E-state index in [0.29, 0.717) is 0 Å². The lowest BCUT2D eigenvalue weighted by molar-refractivity contribution is -0.156. The van der Waals surface area contributed by atoms with Crippen LogP contribution in [0.5, 0.6) is 0 Å². The smallest absolute Gasteiger partial charge is 0.366 e. The van der Waals surface area contributed by atoms with E-state index in [2.05, 4.69) is 5.32 Å². The van der Waals surface area contributed by atoms with E-state index in [1.54, 1.807) is 0 Å². The molecule has 0 spiro atoms. The summed E-state index contributed by atoms with van der Waals surface area (Å²) in [6.07, 6.45) is -4.37. The maximum absolute atomic E-state index is 12.5. The van der Waals surface area contributed by atoms with Crippen molar-refractivity contribution in [2.75, 3.05) is 7.05 Å². The molecule has 1 amide bonds. The number of hydrogen-bond acceptors (Lipinski definition) is 2. The number of alkyl halides is 3. The first-order chi connectivity index (χ1) is 7.36. The lowest BCUT2D eigenvalue weighted by atomic mass is 10.0. The van der Waals surface area contributed by atoms with Crippen molar-refractivity contribution in [2.45, 2.75) is 12.2 Å². The average molecular weight is 232 g/mol. The van der Waals surface area contributed by atoms with Crippen molar-refractivity contribution in [3.63, 3.8) is 0 Å². The number of benzene rings is 1. The molecule has 0 fully saturated rings. The fourth-order valence-corrected chi connectivity index (χ4v) is 1.36. The van der Waals surface area contributed by atoms with E-state index in [1.165, 1.54) is 31.3 Å². The van der Waals surface area contributed by atoms with Crippen molar-refractivity contribution < 1.29 is 18.0 Å². The van der Waals surface area contributed by atoms with E-state index in [-0.39, 0.29) is 11.1 Å². The van der Waals surface area contributed by atoms with Crippen LogP contribution in [0.2, 0.25) is 0 Å². The highest BCUT2D eigenvalue weighted by Gasteiger charge is 2.39. The Morgan fingerprint density at radius 2 is 1.81 bits per heavy atom. The minimum absolute atomic E-state index is 0.0417. The zero-order chi connectivity index (χ0) is 12.3. The molecule has 0 aliphatic carbocycles. The van der Waals surface area contributed by atoms with Crippen LogP contribution in [0.15, 0.2) is 24.3 Å². The Morgan fingerprint density at radius 1 is 1.31 bits per heavy atom. The van der Waals surface area contributed by atoms with Gasteiger partial charge in [0.25, 0.3) is 0 Å². The van der Waals surface area contributed by atoms with Gasteiger partial charge in [0.15, 0.2) is 0 Å². The lowest BCUT2D eigenvalue weighted by Gasteiger charge is -2.19. The molecule has 1 unspecified atom stereocenters. The van der Waals surface area contributed by atoms with Gasteiger partial charge in [-0.25, -0.2) is 0 Å². The molecule has 0 saturated carbocycles. The molecule has 16 heavy (non-hydrogen) atoms. The number of nitrogens with one attached hydrogen (secondary N) is 1. The quantitative estimate of drug-likeness (QED) is 0.831. The molecule has 0 heterocycles. The Kier molecular flexibility index (Phi) is 3.54. The first kappa shape index (κ1) is 12.5. The highest BCUT2D eigenvalue weighted by molar-refractivity contribution is 5.92. The zero-order valence-corrected chi connectivity index (χ0v) is 8.51. The molecule has 0 bridgehead atoms. The van der Waals surface area contributed by atoms with Gasteiger partial charge in [-0.05, 0) is 24.7 Å². The second kappa shape index (κ2) is 4.52. The summed E-state index contributed by atoms with van der Waals surface area (Å²) in [6.45, 7) is 0. The number of nitrogens with two attached hydrogens (primary N) is 1. The number of primary amides is 1. The molecule has 0 aliphatic rings. The number of halogens is 3. The molecule has 88 valence electrons. The van der Waals surface area contributed by atoms with Crippen LogP contribution in [0.4, 0.5) is 13.2 Å². The number of hydrogen-bond donors (Lipinski definition) is 2. The normalized spacial score (nSPS) is 13.5. The fourth-order valence-electron chi connectivity index (χ4n) is 1.36. The van der Waals surface area contributed by atoms with E-state index < -0.39 is 18.1 Å². The third-order valence-electron chi connectivity index (χ3n) is 2.14. The Balaban J connectivity index is 3.00. The maximum atomic E-state index is 12.5. The third kappa shape index (κ3) is 2.73. The third-order valence-corrected chi connectivity index (χ3v) is 2.14. The topological polar surface area (TPSA) is 55.1 Å². The van der Waals surface area contributed by atoms with Crippen molar-refractivity contribution in [1.82, 2.24) is 5.32 Å². The van der Waals surface area contributed by atoms with Gasteiger partial charge in [0.05, 0.1) is 0 Å². The van der Waals surface area contributed by atoms with Crippen LogP contribution in [0.3, 0.4) is 0 Å². The summed E-state index contributed by atoms with van der Waals surface area (Å²) in [7, 11) is 1.22. The van der Waals surface area contributed by atoms with Gasteiger partial charge in [0.1, 0.15) is 6.04 Å². The summed E-state index contributed by atoms with van der Waals surface area (Å²) in [5.41, 5.74) is 5.20. The lowest BCUT2D eigenvalue weighted by Crippen LogP contribution is -2.31. The van der Waals surface area contributed by atoms with Crippen LogP contribution >= 0.6 is 0 Å². The largest absolute Gasteiger partial charge is 0.407 e. The standard InChI is InChI=1S/C10H11F3N2O/c1-15-8(10(11,12)13)6-2-4-7(5-3-6)9(14)16/h2-5,8,15H,1H3,(H2,14,16). The molecule has 0 aromatic heterocycles. The molecular formula is C10H11F3N2O. The average Bonchev–Trinajstić information content (AvgIpc) is 2.17. The molecule has 3 nitrogen and oxygen atoms in total.